The van der Waals surface area contributed by atoms with E-state index in [1.807, 2.05) is 0 Å². The molecule has 0 bridgehead atoms. The first-order valence-electron chi connectivity index (χ1n) is 8.43. The van der Waals surface area contributed by atoms with Gasteiger partial charge in [0.1, 0.15) is 10.6 Å². The minimum Gasteiger partial charge on any atom is -0.495 e. The van der Waals surface area contributed by atoms with Gasteiger partial charge in [0.15, 0.2) is 4.34 Å². The zero-order valence-electron chi connectivity index (χ0n) is 15.6. The highest BCUT2D eigenvalue weighted by atomic mass is 32.2. The average Bonchev–Trinajstić information content (AvgIpc) is 3.36. The molecule has 1 aliphatic rings. The summed E-state index contributed by atoms with van der Waals surface area (Å²) in [6, 6.07) is 4.99. The maximum Gasteiger partial charge on any atom is 0.246 e. The molecule has 1 fully saturated rings. The summed E-state index contributed by atoms with van der Waals surface area (Å²) in [4.78, 5) is 12.2. The summed E-state index contributed by atoms with van der Waals surface area (Å²) in [5, 5.41) is 14.8. The zero-order valence-corrected chi connectivity index (χ0v) is 18.1. The van der Waals surface area contributed by atoms with Crippen molar-refractivity contribution in [2.24, 2.45) is 0 Å². The van der Waals surface area contributed by atoms with Gasteiger partial charge >= 0.3 is 0 Å². The van der Waals surface area contributed by atoms with Crippen LogP contribution in [0.4, 0.5) is 10.8 Å². The molecule has 0 spiro atoms. The number of nitrogens with zero attached hydrogens (tertiary/aromatic N) is 3. The summed E-state index contributed by atoms with van der Waals surface area (Å²) in [6.07, 6.45) is 2.30. The number of carbonyl (C=O) groups excluding carboxylic acids is 1. The lowest BCUT2D eigenvalue weighted by Gasteiger charge is -2.15. The minimum atomic E-state index is -3.71. The topological polar surface area (TPSA) is 114 Å². The molecule has 0 radical (unpaired) electrons. The largest absolute Gasteiger partial charge is 0.495 e. The molecular formula is C16H21N5O4S3. The number of sulfonamides is 1. The van der Waals surface area contributed by atoms with E-state index in [2.05, 4.69) is 20.8 Å². The predicted molar refractivity (Wildman–Crippen MR) is 110 cm³/mol. The number of aromatic nitrogens is 2. The molecule has 2 N–H and O–H groups in total. The Balaban J connectivity index is 1.62. The van der Waals surface area contributed by atoms with E-state index in [1.54, 1.807) is 6.07 Å². The van der Waals surface area contributed by atoms with Crippen molar-refractivity contribution in [1.82, 2.24) is 14.5 Å². The number of anilines is 2. The number of thioether (sulfide) groups is 1. The molecule has 0 aliphatic heterocycles. The Morgan fingerprint density at radius 2 is 2.11 bits per heavy atom. The molecule has 3 rings (SSSR count). The molecule has 152 valence electrons. The number of hydrogen-bond acceptors (Lipinski definition) is 9. The van der Waals surface area contributed by atoms with Crippen LogP contribution in [0.5, 0.6) is 5.75 Å². The Morgan fingerprint density at radius 1 is 1.36 bits per heavy atom. The molecule has 0 saturated heterocycles. The number of carbonyl (C=O) groups is 1. The lowest BCUT2D eigenvalue weighted by Crippen LogP contribution is -2.23. The fourth-order valence-corrected chi connectivity index (χ4v) is 4.91. The van der Waals surface area contributed by atoms with Gasteiger partial charge < -0.3 is 15.4 Å². The summed E-state index contributed by atoms with van der Waals surface area (Å²) in [5.41, 5.74) is 0.375. The Kier molecular flexibility index (Phi) is 6.43. The first kappa shape index (κ1) is 20.8. The molecule has 0 unspecified atom stereocenters. The van der Waals surface area contributed by atoms with Crippen LogP contribution in [0, 0.1) is 0 Å². The first-order chi connectivity index (χ1) is 13.3. The third kappa shape index (κ3) is 5.13. The van der Waals surface area contributed by atoms with Crippen LogP contribution in [-0.4, -0.2) is 61.8 Å². The van der Waals surface area contributed by atoms with E-state index in [1.165, 1.54) is 56.4 Å². The standard InChI is InChI=1S/C16H21N5O4S3/c1-21(2)28(23,24)13-8-11(6-7-12(13)25-3)17-14(22)9-26-16-20-19-15(27-16)18-10-4-5-10/h6-8,10H,4-5,9H2,1-3H3,(H,17,22)(H,18,19). The van der Waals surface area contributed by atoms with Crippen molar-refractivity contribution in [3.05, 3.63) is 18.2 Å². The van der Waals surface area contributed by atoms with E-state index < -0.39 is 10.0 Å². The molecule has 12 heteroatoms. The Labute approximate surface area is 171 Å². The van der Waals surface area contributed by atoms with Gasteiger partial charge in [0, 0.05) is 25.8 Å². The van der Waals surface area contributed by atoms with Crippen LogP contribution in [0.1, 0.15) is 12.8 Å². The van der Waals surface area contributed by atoms with Crippen LogP contribution in [0.25, 0.3) is 0 Å². The number of ether oxygens (including phenoxy) is 1. The summed E-state index contributed by atoms with van der Waals surface area (Å²) in [7, 11) is 0.560. The summed E-state index contributed by atoms with van der Waals surface area (Å²) in [5.74, 6) is 0.0840. The van der Waals surface area contributed by atoms with Gasteiger partial charge in [-0.3, -0.25) is 4.79 Å². The van der Waals surface area contributed by atoms with Gasteiger partial charge in [-0.1, -0.05) is 23.1 Å². The van der Waals surface area contributed by atoms with E-state index >= 15 is 0 Å². The fourth-order valence-electron chi connectivity index (χ4n) is 2.21. The SMILES string of the molecule is COc1ccc(NC(=O)CSc2nnc(NC3CC3)s2)cc1S(=O)(=O)N(C)C. The molecular weight excluding hydrogens is 422 g/mol. The molecule has 9 nitrogen and oxygen atoms in total. The number of nitrogens with one attached hydrogen (secondary N) is 2. The van der Waals surface area contributed by atoms with E-state index in [0.29, 0.717) is 16.1 Å². The van der Waals surface area contributed by atoms with Crippen LogP contribution in [0.15, 0.2) is 27.4 Å². The monoisotopic (exact) mass is 443 g/mol. The van der Waals surface area contributed by atoms with Crippen molar-refractivity contribution >= 4 is 49.8 Å². The maximum atomic E-state index is 12.5. The molecule has 1 aromatic heterocycles. The van der Waals surface area contributed by atoms with Crippen LogP contribution < -0.4 is 15.4 Å². The zero-order chi connectivity index (χ0) is 20.3. The Morgan fingerprint density at radius 3 is 2.75 bits per heavy atom. The summed E-state index contributed by atoms with van der Waals surface area (Å²) in [6.45, 7) is 0. The number of methoxy groups -OCH3 is 1. The Hall–Kier alpha value is -1.89. The third-order valence-electron chi connectivity index (χ3n) is 3.84. The highest BCUT2D eigenvalue weighted by Gasteiger charge is 2.24. The van der Waals surface area contributed by atoms with Crippen molar-refractivity contribution in [2.45, 2.75) is 28.1 Å². The summed E-state index contributed by atoms with van der Waals surface area (Å²) >= 11 is 2.69. The molecule has 0 atom stereocenters. The Bertz CT molecular complexity index is 957. The van der Waals surface area contributed by atoms with Crippen LogP contribution in [-0.2, 0) is 14.8 Å². The van der Waals surface area contributed by atoms with Crippen LogP contribution in [0.3, 0.4) is 0 Å². The highest BCUT2D eigenvalue weighted by Crippen LogP contribution is 2.31. The second kappa shape index (κ2) is 8.64. The quantitative estimate of drug-likeness (QED) is 0.567. The van der Waals surface area contributed by atoms with Gasteiger partial charge in [-0.25, -0.2) is 12.7 Å². The molecule has 1 saturated carbocycles. The first-order valence-corrected chi connectivity index (χ1v) is 11.7. The van der Waals surface area contributed by atoms with Gasteiger partial charge in [-0.05, 0) is 31.0 Å². The van der Waals surface area contributed by atoms with E-state index in [-0.39, 0.29) is 22.3 Å². The average molecular weight is 444 g/mol. The van der Waals surface area contributed by atoms with Crippen molar-refractivity contribution in [1.29, 1.82) is 0 Å². The van der Waals surface area contributed by atoms with Gasteiger partial charge in [-0.15, -0.1) is 10.2 Å². The predicted octanol–water partition coefficient (Wildman–Crippen LogP) is 2.10. The number of hydrogen-bond donors (Lipinski definition) is 2. The second-order valence-corrected chi connectivity index (χ2v) is 10.6. The molecule has 1 aliphatic carbocycles. The van der Waals surface area contributed by atoms with Crippen molar-refractivity contribution in [3.63, 3.8) is 0 Å². The second-order valence-electron chi connectivity index (χ2n) is 6.28. The summed E-state index contributed by atoms with van der Waals surface area (Å²) < 4.78 is 31.8. The maximum absolute atomic E-state index is 12.5. The number of rotatable bonds is 9. The van der Waals surface area contributed by atoms with Crippen LogP contribution in [0.2, 0.25) is 0 Å². The number of benzene rings is 1. The van der Waals surface area contributed by atoms with Gasteiger partial charge in [0.05, 0.1) is 12.9 Å². The van der Waals surface area contributed by atoms with Gasteiger partial charge in [0.25, 0.3) is 0 Å². The van der Waals surface area contributed by atoms with Gasteiger partial charge in [0.2, 0.25) is 21.1 Å². The third-order valence-corrected chi connectivity index (χ3v) is 7.67. The van der Waals surface area contributed by atoms with E-state index in [4.69, 9.17) is 4.74 Å². The molecule has 2 aromatic rings. The molecule has 1 heterocycles. The molecule has 1 amide bonds. The van der Waals surface area contributed by atoms with Crippen molar-refractivity contribution < 1.29 is 17.9 Å². The van der Waals surface area contributed by atoms with Crippen LogP contribution >= 0.6 is 23.1 Å². The lowest BCUT2D eigenvalue weighted by atomic mass is 10.3. The minimum absolute atomic E-state index is 0.00892. The highest BCUT2D eigenvalue weighted by molar-refractivity contribution is 8.01. The van der Waals surface area contributed by atoms with E-state index in [9.17, 15) is 13.2 Å². The fraction of sp³-hybridized carbons (Fsp3) is 0.438. The van der Waals surface area contributed by atoms with E-state index in [0.717, 1.165) is 22.3 Å². The number of amides is 1. The normalized spacial score (nSPS) is 14.1. The van der Waals surface area contributed by atoms with Crippen molar-refractivity contribution in [2.75, 3.05) is 37.6 Å². The lowest BCUT2D eigenvalue weighted by molar-refractivity contribution is -0.113. The van der Waals surface area contributed by atoms with Gasteiger partial charge in [-0.2, -0.15) is 0 Å². The molecule has 1 aromatic carbocycles. The smallest absolute Gasteiger partial charge is 0.246 e. The van der Waals surface area contributed by atoms with Crippen molar-refractivity contribution in [3.8, 4) is 5.75 Å². The molecule has 28 heavy (non-hydrogen) atoms.